The third kappa shape index (κ3) is 2.71. The van der Waals surface area contributed by atoms with Crippen molar-refractivity contribution in [2.24, 2.45) is 0 Å². The predicted octanol–water partition coefficient (Wildman–Crippen LogP) is 3.04. The summed E-state index contributed by atoms with van der Waals surface area (Å²) in [7, 11) is 0. The van der Waals surface area contributed by atoms with Crippen LogP contribution < -0.4 is 0 Å². The average Bonchev–Trinajstić information content (AvgIpc) is 2.28. The van der Waals surface area contributed by atoms with E-state index in [-0.39, 0.29) is 17.7 Å². The Labute approximate surface area is 114 Å². The molecule has 0 radical (unpaired) electrons. The number of benzene rings is 1. The largest absolute Gasteiger partial charge is 0.466 e. The van der Waals surface area contributed by atoms with Gasteiger partial charge in [0, 0.05) is 5.39 Å². The third-order valence-corrected chi connectivity index (χ3v) is 2.82. The Balaban J connectivity index is 2.51. The minimum Gasteiger partial charge on any atom is -0.466 e. The molecule has 18 heavy (non-hydrogen) atoms. The maximum atomic E-state index is 11.5. The second kappa shape index (κ2) is 5.50. The summed E-state index contributed by atoms with van der Waals surface area (Å²) >= 11 is 11.9. The van der Waals surface area contributed by atoms with Crippen molar-refractivity contribution in [3.05, 3.63) is 34.2 Å². The Hall–Kier alpha value is -1.39. The van der Waals surface area contributed by atoms with Gasteiger partial charge < -0.3 is 4.74 Å². The van der Waals surface area contributed by atoms with E-state index in [0.717, 1.165) is 0 Å². The van der Waals surface area contributed by atoms with Gasteiger partial charge in [-0.25, -0.2) is 9.97 Å². The molecule has 0 saturated carbocycles. The Kier molecular flexibility index (Phi) is 3.99. The lowest BCUT2D eigenvalue weighted by molar-refractivity contribution is -0.142. The smallest absolute Gasteiger partial charge is 0.311 e. The molecule has 0 unspecified atom stereocenters. The van der Waals surface area contributed by atoms with Gasteiger partial charge in [0.05, 0.1) is 29.3 Å². The quantitative estimate of drug-likeness (QED) is 0.642. The molecule has 0 bridgehead atoms. The molecule has 0 fully saturated rings. The van der Waals surface area contributed by atoms with Crippen LogP contribution in [0.4, 0.5) is 0 Å². The number of aromatic nitrogens is 2. The topological polar surface area (TPSA) is 52.1 Å². The molecular formula is C12H10Cl2N2O2. The molecule has 1 aromatic carbocycles. The highest BCUT2D eigenvalue weighted by atomic mass is 35.5. The van der Waals surface area contributed by atoms with Crippen LogP contribution in [0.25, 0.3) is 10.9 Å². The van der Waals surface area contributed by atoms with E-state index in [2.05, 4.69) is 9.97 Å². The molecule has 0 spiro atoms. The van der Waals surface area contributed by atoms with E-state index in [0.29, 0.717) is 28.2 Å². The summed E-state index contributed by atoms with van der Waals surface area (Å²) in [6.45, 7) is 2.07. The van der Waals surface area contributed by atoms with Crippen LogP contribution in [0.2, 0.25) is 10.3 Å². The highest BCUT2D eigenvalue weighted by Crippen LogP contribution is 2.26. The van der Waals surface area contributed by atoms with Gasteiger partial charge in [0.15, 0.2) is 0 Å². The molecule has 0 amide bonds. The molecule has 0 aliphatic carbocycles. The molecule has 0 aliphatic rings. The minimum atomic E-state index is -0.367. The second-order valence-electron chi connectivity index (χ2n) is 3.56. The Bertz CT molecular complexity index is 602. The van der Waals surface area contributed by atoms with Crippen LogP contribution in [0, 0.1) is 0 Å². The van der Waals surface area contributed by atoms with Crippen LogP contribution in [0.5, 0.6) is 0 Å². The van der Waals surface area contributed by atoms with Crippen molar-refractivity contribution < 1.29 is 9.53 Å². The zero-order valence-electron chi connectivity index (χ0n) is 9.61. The number of halogens is 2. The zero-order valence-corrected chi connectivity index (χ0v) is 11.1. The monoisotopic (exact) mass is 284 g/mol. The fraction of sp³-hybridized carbons (Fsp3) is 0.250. The molecule has 1 heterocycles. The second-order valence-corrected chi connectivity index (χ2v) is 4.30. The van der Waals surface area contributed by atoms with Gasteiger partial charge in [-0.2, -0.15) is 0 Å². The maximum Gasteiger partial charge on any atom is 0.311 e. The van der Waals surface area contributed by atoms with Crippen molar-refractivity contribution >= 4 is 40.1 Å². The summed E-state index contributed by atoms with van der Waals surface area (Å²) in [5.74, 6) is -0.367. The summed E-state index contributed by atoms with van der Waals surface area (Å²) in [6, 6.07) is 5.25. The van der Waals surface area contributed by atoms with E-state index >= 15 is 0 Å². The SMILES string of the molecule is CCOC(=O)Cc1nc(Cl)nc2cccc(Cl)c12. The van der Waals surface area contributed by atoms with Crippen molar-refractivity contribution in [2.75, 3.05) is 6.61 Å². The molecule has 94 valence electrons. The first-order valence-corrected chi connectivity index (χ1v) is 6.13. The van der Waals surface area contributed by atoms with Crippen molar-refractivity contribution in [2.45, 2.75) is 13.3 Å². The fourth-order valence-corrected chi connectivity index (χ4v) is 2.13. The van der Waals surface area contributed by atoms with Gasteiger partial charge in [0.1, 0.15) is 0 Å². The van der Waals surface area contributed by atoms with E-state index in [1.807, 2.05) is 0 Å². The van der Waals surface area contributed by atoms with E-state index in [4.69, 9.17) is 27.9 Å². The first-order chi connectivity index (χ1) is 8.61. The van der Waals surface area contributed by atoms with E-state index < -0.39 is 0 Å². The van der Waals surface area contributed by atoms with Crippen LogP contribution in [0.1, 0.15) is 12.6 Å². The Morgan fingerprint density at radius 2 is 2.11 bits per heavy atom. The van der Waals surface area contributed by atoms with Crippen molar-refractivity contribution in [3.63, 3.8) is 0 Å². The van der Waals surface area contributed by atoms with Gasteiger partial charge in [0.2, 0.25) is 5.28 Å². The number of nitrogens with zero attached hydrogens (tertiary/aromatic N) is 2. The van der Waals surface area contributed by atoms with E-state index in [1.165, 1.54) is 0 Å². The molecule has 0 N–H and O–H groups in total. The summed E-state index contributed by atoms with van der Waals surface area (Å²) in [6.07, 6.45) is 0.0241. The molecule has 2 aromatic rings. The number of carbonyl (C=O) groups excluding carboxylic acids is 1. The number of fused-ring (bicyclic) bond motifs is 1. The predicted molar refractivity (Wildman–Crippen MR) is 69.9 cm³/mol. The van der Waals surface area contributed by atoms with Crippen molar-refractivity contribution in [1.82, 2.24) is 9.97 Å². The lowest BCUT2D eigenvalue weighted by Gasteiger charge is -2.07. The van der Waals surface area contributed by atoms with Gasteiger partial charge in [-0.1, -0.05) is 17.7 Å². The van der Waals surface area contributed by atoms with Crippen LogP contribution in [-0.4, -0.2) is 22.5 Å². The average molecular weight is 285 g/mol. The molecule has 0 atom stereocenters. The lowest BCUT2D eigenvalue weighted by Crippen LogP contribution is -2.10. The molecule has 2 rings (SSSR count). The lowest BCUT2D eigenvalue weighted by atomic mass is 10.1. The maximum absolute atomic E-state index is 11.5. The molecule has 1 aromatic heterocycles. The Morgan fingerprint density at radius 3 is 2.83 bits per heavy atom. The van der Waals surface area contributed by atoms with Crippen molar-refractivity contribution in [3.8, 4) is 0 Å². The highest BCUT2D eigenvalue weighted by molar-refractivity contribution is 6.36. The first kappa shape index (κ1) is 13.1. The number of ether oxygens (including phenoxy) is 1. The highest BCUT2D eigenvalue weighted by Gasteiger charge is 2.14. The van der Waals surface area contributed by atoms with Gasteiger partial charge in [-0.3, -0.25) is 4.79 Å². The van der Waals surface area contributed by atoms with Gasteiger partial charge in [0.25, 0.3) is 0 Å². The molecular weight excluding hydrogens is 275 g/mol. The fourth-order valence-electron chi connectivity index (χ4n) is 1.66. The number of carbonyl (C=O) groups is 1. The summed E-state index contributed by atoms with van der Waals surface area (Å²) < 4.78 is 4.89. The summed E-state index contributed by atoms with van der Waals surface area (Å²) in [5, 5.41) is 1.21. The number of esters is 1. The van der Waals surface area contributed by atoms with Crippen LogP contribution in [0.3, 0.4) is 0 Å². The molecule has 0 saturated heterocycles. The normalized spacial score (nSPS) is 10.6. The molecule has 6 heteroatoms. The zero-order chi connectivity index (χ0) is 13.1. The standard InChI is InChI=1S/C12H10Cl2N2O2/c1-2-18-10(17)6-9-11-7(13)4-3-5-8(11)15-12(14)16-9/h3-5H,2,6H2,1H3. The van der Waals surface area contributed by atoms with E-state index in [1.54, 1.807) is 25.1 Å². The van der Waals surface area contributed by atoms with Crippen LogP contribution in [0.15, 0.2) is 18.2 Å². The van der Waals surface area contributed by atoms with Crippen LogP contribution >= 0.6 is 23.2 Å². The summed E-state index contributed by atoms with van der Waals surface area (Å²) in [5.41, 5.74) is 1.09. The molecule has 4 nitrogen and oxygen atoms in total. The number of hydrogen-bond donors (Lipinski definition) is 0. The first-order valence-electron chi connectivity index (χ1n) is 5.38. The van der Waals surface area contributed by atoms with Crippen molar-refractivity contribution in [1.29, 1.82) is 0 Å². The van der Waals surface area contributed by atoms with E-state index in [9.17, 15) is 4.79 Å². The van der Waals surface area contributed by atoms with Gasteiger partial charge in [-0.05, 0) is 30.7 Å². The minimum absolute atomic E-state index is 0.0241. The molecule has 0 aliphatic heterocycles. The Morgan fingerprint density at radius 1 is 1.33 bits per heavy atom. The number of rotatable bonds is 3. The summed E-state index contributed by atoms with van der Waals surface area (Å²) in [4.78, 5) is 19.6. The van der Waals surface area contributed by atoms with Gasteiger partial charge >= 0.3 is 5.97 Å². The van der Waals surface area contributed by atoms with Gasteiger partial charge in [-0.15, -0.1) is 0 Å². The van der Waals surface area contributed by atoms with Crippen LogP contribution in [-0.2, 0) is 16.0 Å². The third-order valence-electron chi connectivity index (χ3n) is 2.34. The number of hydrogen-bond acceptors (Lipinski definition) is 4.